The van der Waals surface area contributed by atoms with Crippen molar-refractivity contribution >= 4 is 11.9 Å². The van der Waals surface area contributed by atoms with Gasteiger partial charge in [-0.25, -0.2) is 4.79 Å². The fraction of sp³-hybridized carbons (Fsp3) is 0.778. The fourth-order valence-corrected chi connectivity index (χ4v) is 1.61. The molecule has 92 valence electrons. The van der Waals surface area contributed by atoms with Crippen molar-refractivity contribution in [2.75, 3.05) is 19.6 Å². The first kappa shape index (κ1) is 12.8. The summed E-state index contributed by atoms with van der Waals surface area (Å²) in [4.78, 5) is 24.5. The Kier molecular flexibility index (Phi) is 3.44. The molecule has 0 aromatic carbocycles. The van der Waals surface area contributed by atoms with E-state index < -0.39 is 30.6 Å². The largest absolute Gasteiger partial charge is 0.406 e. The lowest BCUT2D eigenvalue weighted by atomic mass is 10.1. The van der Waals surface area contributed by atoms with Gasteiger partial charge in [0.1, 0.15) is 6.54 Å². The number of hydrogen-bond acceptors (Lipinski definition) is 2. The highest BCUT2D eigenvalue weighted by molar-refractivity contribution is 5.98. The van der Waals surface area contributed by atoms with Gasteiger partial charge in [-0.3, -0.25) is 9.69 Å². The molecule has 16 heavy (non-hydrogen) atoms. The van der Waals surface area contributed by atoms with Crippen LogP contribution in [0.2, 0.25) is 0 Å². The van der Waals surface area contributed by atoms with Gasteiger partial charge in [-0.1, -0.05) is 6.92 Å². The summed E-state index contributed by atoms with van der Waals surface area (Å²) in [6.07, 6.45) is -4.55. The van der Waals surface area contributed by atoms with Crippen LogP contribution in [0.1, 0.15) is 13.8 Å². The summed E-state index contributed by atoms with van der Waals surface area (Å²) < 4.78 is 36.5. The molecule has 0 saturated carbocycles. The van der Waals surface area contributed by atoms with Gasteiger partial charge in [0, 0.05) is 13.1 Å². The molecule has 0 radical (unpaired) electrons. The Balaban J connectivity index is 2.86. The summed E-state index contributed by atoms with van der Waals surface area (Å²) >= 11 is 0. The molecule has 0 N–H and O–H groups in total. The Bertz CT molecular complexity index is 304. The fourth-order valence-electron chi connectivity index (χ4n) is 1.61. The Morgan fingerprint density at radius 1 is 1.38 bits per heavy atom. The number of nitrogens with zero attached hydrogens (tertiary/aromatic N) is 2. The molecule has 1 unspecified atom stereocenters. The molecule has 0 spiro atoms. The van der Waals surface area contributed by atoms with E-state index in [9.17, 15) is 22.8 Å². The maximum absolute atomic E-state index is 12.2. The van der Waals surface area contributed by atoms with Crippen LogP contribution < -0.4 is 0 Å². The minimum Gasteiger partial charge on any atom is -0.324 e. The van der Waals surface area contributed by atoms with Crippen LogP contribution in [0.5, 0.6) is 0 Å². The summed E-state index contributed by atoms with van der Waals surface area (Å²) in [5.74, 6) is -1.34. The van der Waals surface area contributed by atoms with E-state index in [0.717, 1.165) is 0 Å². The van der Waals surface area contributed by atoms with Gasteiger partial charge >= 0.3 is 12.2 Å². The highest BCUT2D eigenvalue weighted by Crippen LogP contribution is 2.22. The average molecular weight is 238 g/mol. The number of halogens is 3. The molecule has 7 heteroatoms. The molecule has 1 fully saturated rings. The van der Waals surface area contributed by atoms with Gasteiger partial charge in [-0.15, -0.1) is 0 Å². The van der Waals surface area contributed by atoms with Gasteiger partial charge in [0.25, 0.3) is 0 Å². The lowest BCUT2D eigenvalue weighted by Gasteiger charge is -2.37. The van der Waals surface area contributed by atoms with Gasteiger partial charge in [-0.05, 0) is 6.92 Å². The first-order valence-electron chi connectivity index (χ1n) is 4.93. The third-order valence-corrected chi connectivity index (χ3v) is 2.40. The van der Waals surface area contributed by atoms with Crippen molar-refractivity contribution in [2.24, 2.45) is 5.92 Å². The Hall–Kier alpha value is -1.27. The standard InChI is InChI=1S/C9H13F3N2O2/c1-3-13-4-6(2)7(15)14(8(13)16)5-9(10,11)12/h6H,3-5H2,1-2H3. The van der Waals surface area contributed by atoms with Gasteiger partial charge < -0.3 is 4.90 Å². The molecule has 0 bridgehead atoms. The van der Waals surface area contributed by atoms with Crippen LogP contribution in [0.4, 0.5) is 18.0 Å². The van der Waals surface area contributed by atoms with Crippen molar-refractivity contribution in [3.05, 3.63) is 0 Å². The van der Waals surface area contributed by atoms with E-state index in [-0.39, 0.29) is 11.4 Å². The summed E-state index contributed by atoms with van der Waals surface area (Å²) in [5, 5.41) is 0. The van der Waals surface area contributed by atoms with E-state index in [1.807, 2.05) is 0 Å². The molecular weight excluding hydrogens is 225 g/mol. The lowest BCUT2D eigenvalue weighted by Crippen LogP contribution is -2.57. The number of alkyl halides is 3. The van der Waals surface area contributed by atoms with Crippen LogP contribution >= 0.6 is 0 Å². The molecule has 0 aromatic heterocycles. The second-order valence-electron chi connectivity index (χ2n) is 3.76. The van der Waals surface area contributed by atoms with Crippen LogP contribution in [0.15, 0.2) is 0 Å². The normalized spacial score (nSPS) is 22.9. The van der Waals surface area contributed by atoms with Crippen molar-refractivity contribution in [3.63, 3.8) is 0 Å². The number of hydrogen-bond donors (Lipinski definition) is 0. The molecule has 1 rings (SSSR count). The zero-order chi connectivity index (χ0) is 12.5. The van der Waals surface area contributed by atoms with Gasteiger partial charge in [-0.2, -0.15) is 13.2 Å². The highest BCUT2D eigenvalue weighted by atomic mass is 19.4. The molecule has 1 atom stereocenters. The molecular formula is C9H13F3N2O2. The average Bonchev–Trinajstić information content (AvgIpc) is 2.17. The number of amides is 3. The second-order valence-corrected chi connectivity index (χ2v) is 3.76. The topological polar surface area (TPSA) is 40.6 Å². The van der Waals surface area contributed by atoms with Crippen LogP contribution in [0, 0.1) is 5.92 Å². The molecule has 1 heterocycles. The molecule has 1 aliphatic rings. The Labute approximate surface area is 91.0 Å². The smallest absolute Gasteiger partial charge is 0.324 e. The quantitative estimate of drug-likeness (QED) is 0.730. The van der Waals surface area contributed by atoms with E-state index >= 15 is 0 Å². The van der Waals surface area contributed by atoms with E-state index in [1.165, 1.54) is 11.8 Å². The van der Waals surface area contributed by atoms with E-state index in [2.05, 4.69) is 0 Å². The summed E-state index contributed by atoms with van der Waals surface area (Å²) in [5.41, 5.74) is 0. The number of carbonyl (C=O) groups is 2. The van der Waals surface area contributed by atoms with Crippen molar-refractivity contribution in [1.82, 2.24) is 9.80 Å². The molecule has 0 aliphatic carbocycles. The Morgan fingerprint density at radius 3 is 2.38 bits per heavy atom. The SMILES string of the molecule is CCN1CC(C)C(=O)N(CC(F)(F)F)C1=O. The van der Waals surface area contributed by atoms with Crippen molar-refractivity contribution in [2.45, 2.75) is 20.0 Å². The predicted molar refractivity (Wildman–Crippen MR) is 49.6 cm³/mol. The molecule has 0 aromatic rings. The zero-order valence-corrected chi connectivity index (χ0v) is 9.04. The van der Waals surface area contributed by atoms with Gasteiger partial charge in [0.05, 0.1) is 5.92 Å². The highest BCUT2D eigenvalue weighted by Gasteiger charge is 2.42. The molecule has 4 nitrogen and oxygen atoms in total. The monoisotopic (exact) mass is 238 g/mol. The van der Waals surface area contributed by atoms with E-state index in [4.69, 9.17) is 0 Å². The maximum Gasteiger partial charge on any atom is 0.406 e. The molecule has 1 saturated heterocycles. The van der Waals surface area contributed by atoms with Gasteiger partial charge in [0.2, 0.25) is 5.91 Å². The van der Waals surface area contributed by atoms with Crippen molar-refractivity contribution in [1.29, 1.82) is 0 Å². The first-order valence-corrected chi connectivity index (χ1v) is 4.93. The summed E-state index contributed by atoms with van der Waals surface area (Å²) in [6, 6.07) is -0.858. The van der Waals surface area contributed by atoms with Crippen molar-refractivity contribution < 1.29 is 22.8 Å². The first-order chi connectivity index (χ1) is 7.26. The minimum atomic E-state index is -4.55. The molecule has 1 aliphatic heterocycles. The minimum absolute atomic E-state index is 0.183. The lowest BCUT2D eigenvalue weighted by molar-refractivity contribution is -0.161. The Morgan fingerprint density at radius 2 is 1.94 bits per heavy atom. The van der Waals surface area contributed by atoms with E-state index in [1.54, 1.807) is 6.92 Å². The van der Waals surface area contributed by atoms with Crippen LogP contribution in [-0.2, 0) is 4.79 Å². The summed E-state index contributed by atoms with van der Waals surface area (Å²) in [7, 11) is 0. The number of carbonyl (C=O) groups excluding carboxylic acids is 2. The number of urea groups is 1. The van der Waals surface area contributed by atoms with Crippen molar-refractivity contribution in [3.8, 4) is 0 Å². The third-order valence-electron chi connectivity index (χ3n) is 2.40. The summed E-state index contributed by atoms with van der Waals surface area (Å²) in [6.45, 7) is 2.14. The predicted octanol–water partition coefficient (Wildman–Crippen LogP) is 1.47. The second kappa shape index (κ2) is 4.31. The third kappa shape index (κ3) is 2.65. The van der Waals surface area contributed by atoms with Crippen LogP contribution in [0.25, 0.3) is 0 Å². The number of imide groups is 1. The maximum atomic E-state index is 12.2. The molecule has 3 amide bonds. The van der Waals surface area contributed by atoms with E-state index in [0.29, 0.717) is 6.54 Å². The zero-order valence-electron chi connectivity index (χ0n) is 9.04. The van der Waals surface area contributed by atoms with Crippen LogP contribution in [-0.4, -0.2) is 47.5 Å². The van der Waals surface area contributed by atoms with Crippen LogP contribution in [0.3, 0.4) is 0 Å². The number of rotatable bonds is 2. The van der Waals surface area contributed by atoms with Gasteiger partial charge in [0.15, 0.2) is 0 Å².